The Kier molecular flexibility index (Phi) is 7.08. The van der Waals surface area contributed by atoms with E-state index in [0.717, 1.165) is 44.2 Å². The Hall–Kier alpha value is -2.08. The molecule has 2 aliphatic heterocycles. The van der Waals surface area contributed by atoms with Crippen molar-refractivity contribution in [3.63, 3.8) is 0 Å². The zero-order chi connectivity index (χ0) is 22.8. The average molecular weight is 455 g/mol. The second-order valence-corrected chi connectivity index (χ2v) is 9.96. The van der Waals surface area contributed by atoms with Crippen LogP contribution in [0.4, 0.5) is 5.69 Å². The summed E-state index contributed by atoms with van der Waals surface area (Å²) in [6.45, 7) is 10.4. The van der Waals surface area contributed by atoms with Gasteiger partial charge in [-0.1, -0.05) is 55.3 Å². The number of halogens is 1. The molecule has 0 aliphatic carbocycles. The van der Waals surface area contributed by atoms with Crippen molar-refractivity contribution in [3.8, 4) is 0 Å². The highest BCUT2D eigenvalue weighted by Gasteiger charge is 2.37. The molecule has 2 aliphatic rings. The first kappa shape index (κ1) is 23.1. The number of amides is 1. The number of carbonyl (C=O) groups is 1. The minimum Gasteiger partial charge on any atom is -0.368 e. The van der Waals surface area contributed by atoms with Crippen LogP contribution in [0, 0.1) is 12.8 Å². The summed E-state index contributed by atoms with van der Waals surface area (Å²) in [6, 6.07) is 14.3. The smallest absolute Gasteiger partial charge is 0.240 e. The third kappa shape index (κ3) is 4.80. The molecule has 0 saturated carbocycles. The summed E-state index contributed by atoms with van der Waals surface area (Å²) in [4.78, 5) is 17.8. The van der Waals surface area contributed by atoms with E-state index in [1.165, 1.54) is 22.4 Å². The molecule has 2 saturated heterocycles. The number of aryl methyl sites for hydroxylation is 1. The molecule has 0 bridgehead atoms. The van der Waals surface area contributed by atoms with Gasteiger partial charge in [0.1, 0.15) is 0 Å². The van der Waals surface area contributed by atoms with Gasteiger partial charge in [-0.25, -0.2) is 0 Å². The highest BCUT2D eigenvalue weighted by Crippen LogP contribution is 2.32. The number of rotatable bonds is 5. The predicted molar refractivity (Wildman–Crippen MR) is 132 cm³/mol. The fourth-order valence-corrected chi connectivity index (χ4v) is 5.11. The van der Waals surface area contributed by atoms with E-state index in [0.29, 0.717) is 5.92 Å². The largest absolute Gasteiger partial charge is 0.368 e. The first-order chi connectivity index (χ1) is 15.3. The minimum atomic E-state index is -0.160. The van der Waals surface area contributed by atoms with Crippen LogP contribution in [-0.4, -0.2) is 49.6 Å². The molecule has 4 rings (SSSR count). The van der Waals surface area contributed by atoms with Crippen LogP contribution < -0.4 is 16.0 Å². The number of piperazine rings is 1. The van der Waals surface area contributed by atoms with Crippen molar-refractivity contribution in [2.45, 2.75) is 45.2 Å². The predicted octanol–water partition coefficient (Wildman–Crippen LogP) is 4.10. The van der Waals surface area contributed by atoms with Gasteiger partial charge >= 0.3 is 0 Å². The maximum Gasteiger partial charge on any atom is 0.240 e. The molecule has 2 fully saturated rings. The maximum absolute atomic E-state index is 13.4. The SMILES string of the molecule is Cc1ccc(N2CCN(C(=O)[C@@H]3NCC[C@@H]3c3ccc(Cl)cc3)CC2)c([C@@H](N)C(C)C)c1. The molecule has 6 heteroatoms. The third-order valence-electron chi connectivity index (χ3n) is 6.98. The summed E-state index contributed by atoms with van der Waals surface area (Å²) in [5.74, 6) is 0.785. The van der Waals surface area contributed by atoms with Crippen molar-refractivity contribution < 1.29 is 4.79 Å². The van der Waals surface area contributed by atoms with E-state index in [9.17, 15) is 4.79 Å². The van der Waals surface area contributed by atoms with Crippen molar-refractivity contribution >= 4 is 23.2 Å². The molecular formula is C26H35ClN4O. The lowest BCUT2D eigenvalue weighted by Crippen LogP contribution is -2.54. The van der Waals surface area contributed by atoms with E-state index >= 15 is 0 Å². The highest BCUT2D eigenvalue weighted by molar-refractivity contribution is 6.30. The van der Waals surface area contributed by atoms with E-state index < -0.39 is 0 Å². The molecule has 0 spiro atoms. The molecule has 5 nitrogen and oxygen atoms in total. The molecule has 1 amide bonds. The van der Waals surface area contributed by atoms with Crippen molar-refractivity contribution in [3.05, 3.63) is 64.2 Å². The van der Waals surface area contributed by atoms with Crippen LogP contribution >= 0.6 is 11.6 Å². The molecule has 0 aromatic heterocycles. The van der Waals surface area contributed by atoms with Crippen LogP contribution in [0.1, 0.15) is 48.9 Å². The number of nitrogens with one attached hydrogen (secondary N) is 1. The lowest BCUT2D eigenvalue weighted by molar-refractivity contribution is -0.133. The van der Waals surface area contributed by atoms with E-state index in [-0.39, 0.29) is 23.9 Å². The summed E-state index contributed by atoms with van der Waals surface area (Å²) in [6.07, 6.45) is 0.970. The standard InChI is InChI=1S/C26H35ClN4O/c1-17(2)24(28)22-16-18(3)4-9-23(22)30-12-14-31(15-13-30)26(32)25-21(10-11-29-25)19-5-7-20(27)8-6-19/h4-9,16-17,21,24-25,29H,10-15,28H2,1-3H3/t21-,24+,25-/m1/s1. The first-order valence-electron chi connectivity index (χ1n) is 11.7. The zero-order valence-corrected chi connectivity index (χ0v) is 20.1. The van der Waals surface area contributed by atoms with Gasteiger partial charge in [0.2, 0.25) is 5.91 Å². The Morgan fingerprint density at radius 1 is 1.09 bits per heavy atom. The van der Waals surface area contributed by atoms with Gasteiger partial charge < -0.3 is 20.9 Å². The molecule has 3 N–H and O–H groups in total. The van der Waals surface area contributed by atoms with Gasteiger partial charge in [-0.15, -0.1) is 0 Å². The van der Waals surface area contributed by atoms with Gasteiger partial charge in [0, 0.05) is 48.8 Å². The normalized spacial score (nSPS) is 22.4. The van der Waals surface area contributed by atoms with Crippen molar-refractivity contribution in [1.29, 1.82) is 0 Å². The number of hydrogen-bond acceptors (Lipinski definition) is 4. The number of nitrogens with zero attached hydrogens (tertiary/aromatic N) is 2. The molecule has 2 aromatic rings. The number of nitrogens with two attached hydrogens (primary N) is 1. The van der Waals surface area contributed by atoms with Crippen LogP contribution in [0.5, 0.6) is 0 Å². The van der Waals surface area contributed by atoms with Crippen molar-refractivity contribution in [2.75, 3.05) is 37.6 Å². The summed E-state index contributed by atoms with van der Waals surface area (Å²) < 4.78 is 0. The van der Waals surface area contributed by atoms with E-state index in [2.05, 4.69) is 61.3 Å². The second kappa shape index (κ2) is 9.82. The maximum atomic E-state index is 13.4. The second-order valence-electron chi connectivity index (χ2n) is 9.52. The van der Waals surface area contributed by atoms with Crippen LogP contribution in [0.15, 0.2) is 42.5 Å². The Labute approximate surface area is 196 Å². The Morgan fingerprint density at radius 2 is 1.78 bits per heavy atom. The number of hydrogen-bond donors (Lipinski definition) is 2. The average Bonchev–Trinajstić information content (AvgIpc) is 3.28. The van der Waals surface area contributed by atoms with E-state index in [1.54, 1.807) is 0 Å². The van der Waals surface area contributed by atoms with Gasteiger partial charge in [0.25, 0.3) is 0 Å². The topological polar surface area (TPSA) is 61.6 Å². The lowest BCUT2D eigenvalue weighted by Gasteiger charge is -2.39. The summed E-state index contributed by atoms with van der Waals surface area (Å²) in [7, 11) is 0. The fourth-order valence-electron chi connectivity index (χ4n) is 4.98. The van der Waals surface area contributed by atoms with Crippen LogP contribution in [0.2, 0.25) is 5.02 Å². The Bertz CT molecular complexity index is 937. The number of benzene rings is 2. The summed E-state index contributed by atoms with van der Waals surface area (Å²) in [5.41, 5.74) is 11.4. The van der Waals surface area contributed by atoms with Crippen LogP contribution in [0.25, 0.3) is 0 Å². The highest BCUT2D eigenvalue weighted by atomic mass is 35.5. The van der Waals surface area contributed by atoms with Crippen LogP contribution in [0.3, 0.4) is 0 Å². The molecule has 2 heterocycles. The van der Waals surface area contributed by atoms with E-state index in [4.69, 9.17) is 17.3 Å². The fraction of sp³-hybridized carbons (Fsp3) is 0.500. The van der Waals surface area contributed by atoms with Crippen molar-refractivity contribution in [2.24, 2.45) is 11.7 Å². The summed E-state index contributed by atoms with van der Waals surface area (Å²) >= 11 is 6.06. The Morgan fingerprint density at radius 3 is 2.44 bits per heavy atom. The molecule has 0 unspecified atom stereocenters. The van der Waals surface area contributed by atoms with E-state index in [1.807, 2.05) is 17.0 Å². The molecule has 3 atom stereocenters. The van der Waals surface area contributed by atoms with Gasteiger partial charge in [0.15, 0.2) is 0 Å². The Balaban J connectivity index is 1.44. The molecule has 2 aromatic carbocycles. The molecular weight excluding hydrogens is 420 g/mol. The molecule has 172 valence electrons. The number of carbonyl (C=O) groups excluding carboxylic acids is 1. The monoisotopic (exact) mass is 454 g/mol. The van der Waals surface area contributed by atoms with Crippen molar-refractivity contribution in [1.82, 2.24) is 10.2 Å². The molecule has 0 radical (unpaired) electrons. The quantitative estimate of drug-likeness (QED) is 0.714. The lowest BCUT2D eigenvalue weighted by atomic mass is 9.91. The van der Waals surface area contributed by atoms with Gasteiger partial charge in [0.05, 0.1) is 6.04 Å². The third-order valence-corrected chi connectivity index (χ3v) is 7.23. The van der Waals surface area contributed by atoms with Gasteiger partial charge in [-0.3, -0.25) is 4.79 Å². The molecule has 32 heavy (non-hydrogen) atoms. The summed E-state index contributed by atoms with van der Waals surface area (Å²) in [5, 5.41) is 4.18. The van der Waals surface area contributed by atoms with Crippen LogP contribution in [-0.2, 0) is 4.79 Å². The zero-order valence-electron chi connectivity index (χ0n) is 19.4. The number of anilines is 1. The van der Waals surface area contributed by atoms with Gasteiger partial charge in [-0.05, 0) is 55.1 Å². The first-order valence-corrected chi connectivity index (χ1v) is 12.1. The van der Waals surface area contributed by atoms with Gasteiger partial charge in [-0.2, -0.15) is 0 Å². The minimum absolute atomic E-state index is 0.00684.